The normalized spacial score (nSPS) is 10.6. The van der Waals surface area contributed by atoms with E-state index in [1.807, 2.05) is 6.07 Å². The van der Waals surface area contributed by atoms with E-state index in [0.29, 0.717) is 0 Å². The Labute approximate surface area is 94.0 Å². The molecule has 0 aromatic carbocycles. The molecule has 0 radical (unpaired) electrons. The first-order chi connectivity index (χ1) is 6.33. The van der Waals surface area contributed by atoms with Crippen molar-refractivity contribution in [2.24, 2.45) is 0 Å². The molecule has 13 heavy (non-hydrogen) atoms. The van der Waals surface area contributed by atoms with Gasteiger partial charge in [0.2, 0.25) is 0 Å². The average molecular weight is 292 g/mol. The summed E-state index contributed by atoms with van der Waals surface area (Å²) in [4.78, 5) is 0. The second-order valence-electron chi connectivity index (χ2n) is 3.37. The molecule has 0 aliphatic rings. The van der Waals surface area contributed by atoms with Crippen LogP contribution in [-0.2, 0) is 6.42 Å². The second kappa shape index (κ2) is 6.46. The van der Waals surface area contributed by atoms with Crippen molar-refractivity contribution < 1.29 is 4.42 Å². The van der Waals surface area contributed by atoms with Crippen molar-refractivity contribution in [3.8, 4) is 0 Å². The Morgan fingerprint density at radius 3 is 2.54 bits per heavy atom. The minimum atomic E-state index is 1.00. The lowest BCUT2D eigenvalue weighted by Crippen LogP contribution is -1.82. The molecule has 0 fully saturated rings. The van der Waals surface area contributed by atoms with E-state index in [-0.39, 0.29) is 0 Å². The molecule has 1 nitrogen and oxygen atoms in total. The summed E-state index contributed by atoms with van der Waals surface area (Å²) in [7, 11) is 0. The van der Waals surface area contributed by atoms with Crippen molar-refractivity contribution in [2.75, 3.05) is 0 Å². The van der Waals surface area contributed by atoms with Gasteiger partial charge in [-0.3, -0.25) is 0 Å². The zero-order chi connectivity index (χ0) is 9.52. The molecular formula is C11H17IO. The maximum absolute atomic E-state index is 5.48. The standard InChI is InChI=1S/C11H17IO/c1-2-3-4-5-6-7-10-8-9-11(12)13-10/h8-9H,2-7H2,1H3. The van der Waals surface area contributed by atoms with E-state index in [9.17, 15) is 0 Å². The summed E-state index contributed by atoms with van der Waals surface area (Å²) < 4.78 is 6.48. The van der Waals surface area contributed by atoms with Crippen molar-refractivity contribution in [2.45, 2.75) is 45.4 Å². The lowest BCUT2D eigenvalue weighted by atomic mass is 10.1. The minimum Gasteiger partial charge on any atom is -0.455 e. The first kappa shape index (κ1) is 11.1. The monoisotopic (exact) mass is 292 g/mol. The van der Waals surface area contributed by atoms with E-state index in [1.54, 1.807) is 0 Å². The molecule has 1 aromatic heterocycles. The van der Waals surface area contributed by atoms with Crippen molar-refractivity contribution >= 4 is 22.6 Å². The van der Waals surface area contributed by atoms with Crippen molar-refractivity contribution in [1.29, 1.82) is 0 Å². The fourth-order valence-corrected chi connectivity index (χ4v) is 1.85. The van der Waals surface area contributed by atoms with Crippen LogP contribution in [0.15, 0.2) is 16.5 Å². The first-order valence-electron chi connectivity index (χ1n) is 5.07. The largest absolute Gasteiger partial charge is 0.455 e. The topological polar surface area (TPSA) is 13.1 Å². The molecule has 0 aliphatic carbocycles. The summed E-state index contributed by atoms with van der Waals surface area (Å²) in [6, 6.07) is 4.11. The summed E-state index contributed by atoms with van der Waals surface area (Å²) in [5.74, 6) is 1.14. The van der Waals surface area contributed by atoms with Crippen LogP contribution in [0.1, 0.15) is 44.8 Å². The van der Waals surface area contributed by atoms with Crippen LogP contribution >= 0.6 is 22.6 Å². The van der Waals surface area contributed by atoms with Gasteiger partial charge in [-0.15, -0.1) is 0 Å². The number of aryl methyl sites for hydroxylation is 1. The molecule has 74 valence electrons. The van der Waals surface area contributed by atoms with Crippen LogP contribution in [0.4, 0.5) is 0 Å². The summed E-state index contributed by atoms with van der Waals surface area (Å²) >= 11 is 2.21. The van der Waals surface area contributed by atoms with Crippen LogP contribution in [0.5, 0.6) is 0 Å². The van der Waals surface area contributed by atoms with E-state index >= 15 is 0 Å². The van der Waals surface area contributed by atoms with Gasteiger partial charge in [0.25, 0.3) is 0 Å². The van der Waals surface area contributed by atoms with Gasteiger partial charge in [-0.05, 0) is 41.1 Å². The molecular weight excluding hydrogens is 275 g/mol. The molecule has 0 atom stereocenters. The Morgan fingerprint density at radius 1 is 1.15 bits per heavy atom. The lowest BCUT2D eigenvalue weighted by Gasteiger charge is -1.97. The highest BCUT2D eigenvalue weighted by atomic mass is 127. The molecule has 0 N–H and O–H groups in total. The first-order valence-corrected chi connectivity index (χ1v) is 6.15. The molecule has 0 saturated carbocycles. The van der Waals surface area contributed by atoms with Gasteiger partial charge in [0.1, 0.15) is 5.76 Å². The fourth-order valence-electron chi connectivity index (χ4n) is 1.39. The number of furan rings is 1. The highest BCUT2D eigenvalue weighted by Gasteiger charge is 1.98. The van der Waals surface area contributed by atoms with Gasteiger partial charge in [-0.25, -0.2) is 0 Å². The van der Waals surface area contributed by atoms with Crippen LogP contribution in [0.25, 0.3) is 0 Å². The zero-order valence-corrected chi connectivity index (χ0v) is 10.3. The lowest BCUT2D eigenvalue weighted by molar-refractivity contribution is 0.472. The van der Waals surface area contributed by atoms with Crippen molar-refractivity contribution in [1.82, 2.24) is 0 Å². The quantitative estimate of drug-likeness (QED) is 0.559. The molecule has 0 unspecified atom stereocenters. The molecule has 1 rings (SSSR count). The maximum Gasteiger partial charge on any atom is 0.163 e. The Hall–Kier alpha value is 0.01000. The number of rotatable bonds is 6. The molecule has 0 spiro atoms. The average Bonchev–Trinajstić information content (AvgIpc) is 2.51. The Morgan fingerprint density at radius 2 is 1.92 bits per heavy atom. The van der Waals surface area contributed by atoms with Crippen LogP contribution < -0.4 is 0 Å². The molecule has 0 bridgehead atoms. The van der Waals surface area contributed by atoms with Crippen LogP contribution in [0.2, 0.25) is 0 Å². The van der Waals surface area contributed by atoms with E-state index in [4.69, 9.17) is 4.42 Å². The predicted molar refractivity (Wildman–Crippen MR) is 63.9 cm³/mol. The number of hydrogen-bond acceptors (Lipinski definition) is 1. The third-order valence-electron chi connectivity index (χ3n) is 2.16. The van der Waals surface area contributed by atoms with Crippen LogP contribution in [-0.4, -0.2) is 0 Å². The third-order valence-corrected chi connectivity index (χ3v) is 2.74. The van der Waals surface area contributed by atoms with E-state index < -0.39 is 0 Å². The minimum absolute atomic E-state index is 1.00. The summed E-state index contributed by atoms with van der Waals surface area (Å²) in [5, 5.41) is 0. The van der Waals surface area contributed by atoms with Gasteiger partial charge in [0.15, 0.2) is 3.77 Å². The highest BCUT2D eigenvalue weighted by Crippen LogP contribution is 2.13. The molecule has 1 aromatic rings. The molecule has 0 amide bonds. The third kappa shape index (κ3) is 4.69. The molecule has 0 saturated heterocycles. The van der Waals surface area contributed by atoms with Gasteiger partial charge < -0.3 is 4.42 Å². The Balaban J connectivity index is 2.06. The van der Waals surface area contributed by atoms with Gasteiger partial charge in [-0.2, -0.15) is 0 Å². The maximum atomic E-state index is 5.48. The van der Waals surface area contributed by atoms with E-state index in [2.05, 4.69) is 35.6 Å². The van der Waals surface area contributed by atoms with Crippen LogP contribution in [0.3, 0.4) is 0 Å². The number of halogens is 1. The fraction of sp³-hybridized carbons (Fsp3) is 0.636. The Bertz CT molecular complexity index is 230. The predicted octanol–water partition coefficient (Wildman–Crippen LogP) is 4.40. The van der Waals surface area contributed by atoms with Gasteiger partial charge >= 0.3 is 0 Å². The molecule has 1 heterocycles. The van der Waals surface area contributed by atoms with Crippen LogP contribution in [0, 0.1) is 3.77 Å². The molecule has 2 heteroatoms. The highest BCUT2D eigenvalue weighted by molar-refractivity contribution is 14.1. The smallest absolute Gasteiger partial charge is 0.163 e. The van der Waals surface area contributed by atoms with E-state index in [1.165, 1.54) is 32.1 Å². The Kier molecular flexibility index (Phi) is 5.51. The summed E-state index contributed by atoms with van der Waals surface area (Å²) in [6.07, 6.45) is 7.77. The summed E-state index contributed by atoms with van der Waals surface area (Å²) in [6.45, 7) is 2.24. The van der Waals surface area contributed by atoms with Gasteiger partial charge in [0, 0.05) is 6.42 Å². The second-order valence-corrected chi connectivity index (χ2v) is 4.43. The van der Waals surface area contributed by atoms with Crippen molar-refractivity contribution in [3.63, 3.8) is 0 Å². The van der Waals surface area contributed by atoms with E-state index in [0.717, 1.165) is 15.9 Å². The number of hydrogen-bond donors (Lipinski definition) is 0. The van der Waals surface area contributed by atoms with Crippen molar-refractivity contribution in [3.05, 3.63) is 21.7 Å². The SMILES string of the molecule is CCCCCCCc1ccc(I)o1. The number of unbranched alkanes of at least 4 members (excludes halogenated alkanes) is 4. The van der Waals surface area contributed by atoms with Gasteiger partial charge in [-0.1, -0.05) is 32.6 Å². The zero-order valence-electron chi connectivity index (χ0n) is 8.18. The molecule has 0 aliphatic heterocycles. The summed E-state index contributed by atoms with van der Waals surface area (Å²) in [5.41, 5.74) is 0. The van der Waals surface area contributed by atoms with Gasteiger partial charge in [0.05, 0.1) is 0 Å².